The molecule has 0 saturated carbocycles. The van der Waals surface area contributed by atoms with E-state index in [-0.39, 0.29) is 5.92 Å². The van der Waals surface area contributed by atoms with Gasteiger partial charge in [-0.2, -0.15) is 0 Å². The van der Waals surface area contributed by atoms with E-state index in [9.17, 15) is 9.90 Å². The monoisotopic (exact) mass is 144 g/mol. The average molecular weight is 144 g/mol. The van der Waals surface area contributed by atoms with Crippen LogP contribution in [0.4, 0.5) is 0 Å². The summed E-state index contributed by atoms with van der Waals surface area (Å²) in [5.74, 6) is -0.202. The van der Waals surface area contributed by atoms with E-state index in [4.69, 9.17) is 0 Å². The maximum atomic E-state index is 10.1. The zero-order valence-corrected chi connectivity index (χ0v) is 6.71. The van der Waals surface area contributed by atoms with Crippen LogP contribution in [0.1, 0.15) is 33.1 Å². The van der Waals surface area contributed by atoms with Gasteiger partial charge in [0.25, 0.3) is 0 Å². The molecule has 0 radical (unpaired) electrons. The molecule has 2 nitrogen and oxygen atoms in total. The van der Waals surface area contributed by atoms with E-state index in [2.05, 4.69) is 6.92 Å². The average Bonchev–Trinajstić information content (AvgIpc) is 1.98. The minimum Gasteiger partial charge on any atom is -0.392 e. The second kappa shape index (κ2) is 5.42. The molecule has 0 aromatic carbocycles. The van der Waals surface area contributed by atoms with Gasteiger partial charge < -0.3 is 9.90 Å². The Balaban J connectivity index is 3.40. The highest BCUT2D eigenvalue weighted by Gasteiger charge is 2.11. The van der Waals surface area contributed by atoms with Crippen molar-refractivity contribution in [2.75, 3.05) is 0 Å². The van der Waals surface area contributed by atoms with Gasteiger partial charge in [-0.15, -0.1) is 0 Å². The molecule has 0 aliphatic heterocycles. The van der Waals surface area contributed by atoms with Crippen molar-refractivity contribution in [3.8, 4) is 0 Å². The fourth-order valence-corrected chi connectivity index (χ4v) is 0.767. The second-order valence-electron chi connectivity index (χ2n) is 2.70. The number of aldehydes is 1. The third-order valence-electron chi connectivity index (χ3n) is 1.68. The molecule has 0 fully saturated rings. The molecule has 0 spiro atoms. The lowest BCUT2D eigenvalue weighted by molar-refractivity contribution is -0.113. The van der Waals surface area contributed by atoms with Gasteiger partial charge in [0.1, 0.15) is 6.29 Å². The number of carbonyl (C=O) groups is 1. The molecule has 1 N–H and O–H groups in total. The van der Waals surface area contributed by atoms with Gasteiger partial charge in [-0.1, -0.05) is 26.7 Å². The lowest BCUT2D eigenvalue weighted by Gasteiger charge is -2.11. The van der Waals surface area contributed by atoms with Crippen LogP contribution in [0, 0.1) is 5.92 Å². The summed E-state index contributed by atoms with van der Waals surface area (Å²) in [6.45, 7) is 3.81. The summed E-state index contributed by atoms with van der Waals surface area (Å²) < 4.78 is 0. The normalized spacial score (nSPS) is 16.3. The molecule has 0 heterocycles. The van der Waals surface area contributed by atoms with Crippen LogP contribution in [-0.4, -0.2) is 17.5 Å². The predicted octanol–water partition coefficient (Wildman–Crippen LogP) is 1.37. The molecule has 0 bridgehead atoms. The summed E-state index contributed by atoms with van der Waals surface area (Å²) >= 11 is 0. The van der Waals surface area contributed by atoms with E-state index >= 15 is 0 Å². The molecule has 60 valence electrons. The molecular weight excluding hydrogens is 128 g/mol. The van der Waals surface area contributed by atoms with Crippen molar-refractivity contribution >= 4 is 6.29 Å². The van der Waals surface area contributed by atoms with Crippen molar-refractivity contribution < 1.29 is 9.90 Å². The van der Waals surface area contributed by atoms with E-state index in [1.54, 1.807) is 6.92 Å². The predicted molar refractivity (Wildman–Crippen MR) is 40.8 cm³/mol. The Labute approximate surface area is 62.2 Å². The number of rotatable bonds is 5. The summed E-state index contributed by atoms with van der Waals surface area (Å²) in [5.41, 5.74) is 0. The summed E-state index contributed by atoms with van der Waals surface area (Å²) in [4.78, 5) is 10.1. The summed E-state index contributed by atoms with van der Waals surface area (Å²) in [6.07, 6.45) is 3.19. The smallest absolute Gasteiger partial charge is 0.125 e. The molecule has 0 amide bonds. The standard InChI is InChI=1S/C8H16O2/c1-3-4-5-8(10)7(2)6-9/h6-8,10H,3-5H2,1-2H3/t7-,8-/m1/s1. The molecule has 0 aromatic rings. The Kier molecular flexibility index (Phi) is 5.22. The van der Waals surface area contributed by atoms with E-state index in [1.807, 2.05) is 0 Å². The quantitative estimate of drug-likeness (QED) is 0.592. The van der Waals surface area contributed by atoms with E-state index < -0.39 is 6.10 Å². The molecule has 0 aliphatic carbocycles. The zero-order chi connectivity index (χ0) is 7.98. The topological polar surface area (TPSA) is 37.3 Å². The van der Waals surface area contributed by atoms with E-state index in [1.165, 1.54) is 0 Å². The minimum atomic E-state index is -0.433. The number of hydrogen-bond acceptors (Lipinski definition) is 2. The van der Waals surface area contributed by atoms with Crippen LogP contribution in [0.3, 0.4) is 0 Å². The van der Waals surface area contributed by atoms with Gasteiger partial charge in [-0.3, -0.25) is 0 Å². The van der Waals surface area contributed by atoms with Crippen LogP contribution in [-0.2, 0) is 4.79 Å². The van der Waals surface area contributed by atoms with Crippen LogP contribution in [0.2, 0.25) is 0 Å². The SMILES string of the molecule is CCCC[C@@H](O)[C@H](C)C=O. The van der Waals surface area contributed by atoms with Gasteiger partial charge in [0.05, 0.1) is 6.10 Å². The lowest BCUT2D eigenvalue weighted by atomic mass is 10.0. The molecule has 0 aromatic heterocycles. The summed E-state index contributed by atoms with van der Waals surface area (Å²) in [7, 11) is 0. The Morgan fingerprint density at radius 1 is 1.60 bits per heavy atom. The first kappa shape index (κ1) is 9.63. The molecule has 10 heavy (non-hydrogen) atoms. The highest BCUT2D eigenvalue weighted by atomic mass is 16.3. The number of carbonyl (C=O) groups excluding carboxylic acids is 1. The maximum Gasteiger partial charge on any atom is 0.125 e. The first-order chi connectivity index (χ1) is 4.72. The van der Waals surface area contributed by atoms with Crippen molar-refractivity contribution in [3.63, 3.8) is 0 Å². The van der Waals surface area contributed by atoms with Gasteiger partial charge in [0.2, 0.25) is 0 Å². The van der Waals surface area contributed by atoms with Crippen LogP contribution in [0.5, 0.6) is 0 Å². The first-order valence-corrected chi connectivity index (χ1v) is 3.85. The van der Waals surface area contributed by atoms with Crippen LogP contribution in [0.25, 0.3) is 0 Å². The number of hydrogen-bond donors (Lipinski definition) is 1. The van der Waals surface area contributed by atoms with Gasteiger partial charge in [0.15, 0.2) is 0 Å². The van der Waals surface area contributed by atoms with Gasteiger partial charge in [0, 0.05) is 5.92 Å². The fraction of sp³-hybridized carbons (Fsp3) is 0.875. The van der Waals surface area contributed by atoms with Crippen molar-refractivity contribution in [3.05, 3.63) is 0 Å². The molecule has 0 rings (SSSR count). The number of aliphatic hydroxyl groups excluding tert-OH is 1. The summed E-state index contributed by atoms with van der Waals surface area (Å²) in [5, 5.41) is 9.22. The Hall–Kier alpha value is -0.370. The highest BCUT2D eigenvalue weighted by molar-refractivity contribution is 5.53. The summed E-state index contributed by atoms with van der Waals surface area (Å²) in [6, 6.07) is 0. The molecule has 0 aliphatic rings. The van der Waals surface area contributed by atoms with Crippen LogP contribution >= 0.6 is 0 Å². The largest absolute Gasteiger partial charge is 0.392 e. The van der Waals surface area contributed by atoms with Crippen molar-refractivity contribution in [2.24, 2.45) is 5.92 Å². The molecule has 2 heteroatoms. The van der Waals surface area contributed by atoms with Crippen LogP contribution < -0.4 is 0 Å². The Morgan fingerprint density at radius 3 is 2.60 bits per heavy atom. The first-order valence-electron chi connectivity index (χ1n) is 3.85. The highest BCUT2D eigenvalue weighted by Crippen LogP contribution is 2.07. The van der Waals surface area contributed by atoms with Crippen molar-refractivity contribution in [1.29, 1.82) is 0 Å². The van der Waals surface area contributed by atoms with Crippen molar-refractivity contribution in [2.45, 2.75) is 39.2 Å². The van der Waals surface area contributed by atoms with Crippen molar-refractivity contribution in [1.82, 2.24) is 0 Å². The molecule has 2 atom stereocenters. The fourth-order valence-electron chi connectivity index (χ4n) is 0.767. The lowest BCUT2D eigenvalue weighted by Crippen LogP contribution is -2.18. The Morgan fingerprint density at radius 2 is 2.20 bits per heavy atom. The second-order valence-corrected chi connectivity index (χ2v) is 2.70. The zero-order valence-electron chi connectivity index (χ0n) is 6.71. The third-order valence-corrected chi connectivity index (χ3v) is 1.68. The van der Waals surface area contributed by atoms with E-state index in [0.717, 1.165) is 25.5 Å². The van der Waals surface area contributed by atoms with Gasteiger partial charge in [-0.25, -0.2) is 0 Å². The van der Waals surface area contributed by atoms with Gasteiger partial charge in [-0.05, 0) is 6.42 Å². The molecule has 0 unspecified atom stereocenters. The third kappa shape index (κ3) is 3.62. The van der Waals surface area contributed by atoms with E-state index in [0.29, 0.717) is 0 Å². The molecular formula is C8H16O2. The molecule has 0 saturated heterocycles. The maximum absolute atomic E-state index is 10.1. The Bertz CT molecular complexity index is 91.3. The number of aliphatic hydroxyl groups is 1. The van der Waals surface area contributed by atoms with Crippen LogP contribution in [0.15, 0.2) is 0 Å². The number of unbranched alkanes of at least 4 members (excludes halogenated alkanes) is 1. The van der Waals surface area contributed by atoms with Gasteiger partial charge >= 0.3 is 0 Å². The minimum absolute atomic E-state index is 0.202.